The highest BCUT2D eigenvalue weighted by Gasteiger charge is 2.30. The first-order chi connectivity index (χ1) is 11.7. The van der Waals surface area contributed by atoms with Crippen molar-refractivity contribution in [1.82, 2.24) is 9.80 Å². The van der Waals surface area contributed by atoms with Gasteiger partial charge in [0.15, 0.2) is 6.10 Å². The number of aliphatic hydroxyl groups excluding tert-OH is 1. The summed E-state index contributed by atoms with van der Waals surface area (Å²) < 4.78 is 5.11. The van der Waals surface area contributed by atoms with E-state index in [9.17, 15) is 9.90 Å². The average Bonchev–Trinajstić information content (AvgIpc) is 2.68. The SMILES string of the molecule is COc1ccc([C@@H](O)C(=O)N2CCC(N3CCSCC3)CC2)cc1. The maximum atomic E-state index is 12.6. The number of methoxy groups -OCH3 is 1. The van der Waals surface area contributed by atoms with Gasteiger partial charge >= 0.3 is 0 Å². The molecular formula is C18H26N2O3S. The lowest BCUT2D eigenvalue weighted by atomic mass is 10.0. The van der Waals surface area contributed by atoms with Gasteiger partial charge in [0.05, 0.1) is 7.11 Å². The third kappa shape index (κ3) is 4.05. The molecule has 24 heavy (non-hydrogen) atoms. The van der Waals surface area contributed by atoms with Gasteiger partial charge in [-0.2, -0.15) is 11.8 Å². The molecule has 1 aromatic rings. The molecular weight excluding hydrogens is 324 g/mol. The molecule has 0 bridgehead atoms. The van der Waals surface area contributed by atoms with Crippen LogP contribution in [0.1, 0.15) is 24.5 Å². The summed E-state index contributed by atoms with van der Waals surface area (Å²) in [5, 5.41) is 10.4. The zero-order chi connectivity index (χ0) is 16.9. The fourth-order valence-corrected chi connectivity index (χ4v) is 4.43. The van der Waals surface area contributed by atoms with E-state index in [4.69, 9.17) is 4.74 Å². The largest absolute Gasteiger partial charge is 0.497 e. The summed E-state index contributed by atoms with van der Waals surface area (Å²) >= 11 is 2.02. The Balaban J connectivity index is 1.53. The fraction of sp³-hybridized carbons (Fsp3) is 0.611. The molecule has 1 atom stereocenters. The molecule has 2 fully saturated rings. The van der Waals surface area contributed by atoms with Crippen molar-refractivity contribution in [1.29, 1.82) is 0 Å². The van der Waals surface area contributed by atoms with Gasteiger partial charge in [0.25, 0.3) is 5.91 Å². The molecule has 5 nitrogen and oxygen atoms in total. The highest BCUT2D eigenvalue weighted by atomic mass is 32.2. The molecule has 3 rings (SSSR count). The molecule has 1 N–H and O–H groups in total. The van der Waals surface area contributed by atoms with E-state index in [1.807, 2.05) is 16.7 Å². The molecule has 2 saturated heterocycles. The molecule has 0 saturated carbocycles. The van der Waals surface area contributed by atoms with Crippen LogP contribution in [0.2, 0.25) is 0 Å². The lowest BCUT2D eigenvalue weighted by Gasteiger charge is -2.40. The quantitative estimate of drug-likeness (QED) is 0.897. The summed E-state index contributed by atoms with van der Waals surface area (Å²) in [5.41, 5.74) is 0.621. The number of ether oxygens (including phenoxy) is 1. The van der Waals surface area contributed by atoms with Gasteiger partial charge in [0, 0.05) is 43.7 Å². The average molecular weight is 350 g/mol. The van der Waals surface area contributed by atoms with Crippen molar-refractivity contribution < 1.29 is 14.6 Å². The van der Waals surface area contributed by atoms with Crippen molar-refractivity contribution in [3.8, 4) is 5.75 Å². The Labute approximate surface area is 148 Å². The summed E-state index contributed by atoms with van der Waals surface area (Å²) in [6, 6.07) is 7.63. The van der Waals surface area contributed by atoms with Crippen molar-refractivity contribution in [2.75, 3.05) is 44.8 Å². The van der Waals surface area contributed by atoms with E-state index in [2.05, 4.69) is 4.90 Å². The van der Waals surface area contributed by atoms with Gasteiger partial charge in [-0.3, -0.25) is 9.69 Å². The Morgan fingerprint density at radius 3 is 2.38 bits per heavy atom. The Kier molecular flexibility index (Phi) is 6.03. The number of aliphatic hydroxyl groups is 1. The maximum Gasteiger partial charge on any atom is 0.256 e. The van der Waals surface area contributed by atoms with Crippen LogP contribution >= 0.6 is 11.8 Å². The predicted molar refractivity (Wildman–Crippen MR) is 96.5 cm³/mol. The number of amides is 1. The number of rotatable bonds is 4. The van der Waals surface area contributed by atoms with Crippen LogP contribution in [0.4, 0.5) is 0 Å². The van der Waals surface area contributed by atoms with E-state index in [0.717, 1.165) is 44.8 Å². The van der Waals surface area contributed by atoms with E-state index in [1.165, 1.54) is 11.5 Å². The van der Waals surface area contributed by atoms with Gasteiger partial charge in [0.1, 0.15) is 5.75 Å². The van der Waals surface area contributed by atoms with Crippen molar-refractivity contribution >= 4 is 17.7 Å². The lowest BCUT2D eigenvalue weighted by Crippen LogP contribution is -2.49. The minimum absolute atomic E-state index is 0.187. The number of nitrogens with zero attached hydrogens (tertiary/aromatic N) is 2. The first-order valence-electron chi connectivity index (χ1n) is 8.61. The molecule has 2 aliphatic rings. The Morgan fingerprint density at radius 1 is 1.17 bits per heavy atom. The van der Waals surface area contributed by atoms with Gasteiger partial charge < -0.3 is 14.7 Å². The highest BCUT2D eigenvalue weighted by Crippen LogP contribution is 2.24. The van der Waals surface area contributed by atoms with Gasteiger partial charge in [-0.05, 0) is 30.5 Å². The number of thioether (sulfide) groups is 1. The van der Waals surface area contributed by atoms with E-state index in [1.54, 1.807) is 31.4 Å². The topological polar surface area (TPSA) is 53.0 Å². The van der Waals surface area contributed by atoms with Crippen molar-refractivity contribution in [3.05, 3.63) is 29.8 Å². The minimum Gasteiger partial charge on any atom is -0.497 e. The number of piperidine rings is 1. The maximum absolute atomic E-state index is 12.6. The standard InChI is InChI=1S/C18H26N2O3S/c1-23-16-4-2-14(3-5-16)17(21)18(22)20-8-6-15(7-9-20)19-10-12-24-13-11-19/h2-5,15,17,21H,6-13H2,1H3/t17-/m1/s1. The first-order valence-corrected chi connectivity index (χ1v) is 9.77. The molecule has 0 spiro atoms. The van der Waals surface area contributed by atoms with Crippen LogP contribution in [0.15, 0.2) is 24.3 Å². The molecule has 0 unspecified atom stereocenters. The smallest absolute Gasteiger partial charge is 0.256 e. The van der Waals surface area contributed by atoms with Crippen molar-refractivity contribution in [2.24, 2.45) is 0 Å². The second kappa shape index (κ2) is 8.23. The molecule has 0 aliphatic carbocycles. The molecule has 132 valence electrons. The Hall–Kier alpha value is -1.24. The first kappa shape index (κ1) is 17.6. The van der Waals surface area contributed by atoms with Crippen LogP contribution in [0.5, 0.6) is 5.75 Å². The third-order valence-electron chi connectivity index (χ3n) is 5.00. The number of benzene rings is 1. The van der Waals surface area contributed by atoms with E-state index < -0.39 is 6.10 Å². The molecule has 1 aromatic carbocycles. The van der Waals surface area contributed by atoms with Gasteiger partial charge in [-0.1, -0.05) is 12.1 Å². The third-order valence-corrected chi connectivity index (χ3v) is 5.95. The number of carbonyl (C=O) groups is 1. The van der Waals surface area contributed by atoms with Crippen molar-refractivity contribution in [2.45, 2.75) is 25.0 Å². The highest BCUT2D eigenvalue weighted by molar-refractivity contribution is 7.99. The van der Waals surface area contributed by atoms with Crippen LogP contribution < -0.4 is 4.74 Å². The number of hydrogen-bond donors (Lipinski definition) is 1. The van der Waals surface area contributed by atoms with Gasteiger partial charge in [0.2, 0.25) is 0 Å². The summed E-state index contributed by atoms with van der Waals surface area (Å²) in [4.78, 5) is 16.9. The van der Waals surface area contributed by atoms with Crippen LogP contribution in [0, 0.1) is 0 Å². The summed E-state index contributed by atoms with van der Waals surface area (Å²) in [6.45, 7) is 3.80. The van der Waals surface area contributed by atoms with Gasteiger partial charge in [-0.25, -0.2) is 0 Å². The van der Waals surface area contributed by atoms with E-state index in [-0.39, 0.29) is 5.91 Å². The number of carbonyl (C=O) groups excluding carboxylic acids is 1. The number of hydrogen-bond acceptors (Lipinski definition) is 5. The minimum atomic E-state index is -1.08. The summed E-state index contributed by atoms with van der Waals surface area (Å²) in [5.74, 6) is 2.97. The van der Waals surface area contributed by atoms with Crippen LogP contribution in [0.3, 0.4) is 0 Å². The molecule has 0 aromatic heterocycles. The van der Waals surface area contributed by atoms with Crippen LogP contribution in [-0.2, 0) is 4.79 Å². The summed E-state index contributed by atoms with van der Waals surface area (Å²) in [6.07, 6.45) is 0.927. The Morgan fingerprint density at radius 2 is 1.79 bits per heavy atom. The Bertz CT molecular complexity index is 538. The lowest BCUT2D eigenvalue weighted by molar-refractivity contribution is -0.142. The monoisotopic (exact) mass is 350 g/mol. The van der Waals surface area contributed by atoms with E-state index in [0.29, 0.717) is 11.6 Å². The number of likely N-dealkylation sites (tertiary alicyclic amines) is 1. The second-order valence-corrected chi connectivity index (χ2v) is 7.61. The fourth-order valence-electron chi connectivity index (χ4n) is 3.50. The summed E-state index contributed by atoms with van der Waals surface area (Å²) in [7, 11) is 1.60. The predicted octanol–water partition coefficient (Wildman–Crippen LogP) is 1.77. The van der Waals surface area contributed by atoms with Crippen LogP contribution in [0.25, 0.3) is 0 Å². The van der Waals surface area contributed by atoms with Crippen molar-refractivity contribution in [3.63, 3.8) is 0 Å². The molecule has 2 heterocycles. The normalized spacial score (nSPS) is 21.5. The molecule has 2 aliphatic heterocycles. The molecule has 1 amide bonds. The van der Waals surface area contributed by atoms with E-state index >= 15 is 0 Å². The van der Waals surface area contributed by atoms with Crippen LogP contribution in [-0.4, -0.2) is 71.6 Å². The molecule has 6 heteroatoms. The zero-order valence-electron chi connectivity index (χ0n) is 14.2. The second-order valence-electron chi connectivity index (χ2n) is 6.38. The zero-order valence-corrected chi connectivity index (χ0v) is 15.0. The van der Waals surface area contributed by atoms with Gasteiger partial charge in [-0.15, -0.1) is 0 Å². The molecule has 0 radical (unpaired) electrons.